The van der Waals surface area contributed by atoms with Crippen LogP contribution in [-0.2, 0) is 6.54 Å². The molecule has 20 heavy (non-hydrogen) atoms. The van der Waals surface area contributed by atoms with Gasteiger partial charge in [-0.1, -0.05) is 24.3 Å². The van der Waals surface area contributed by atoms with Gasteiger partial charge in [0.15, 0.2) is 0 Å². The van der Waals surface area contributed by atoms with Gasteiger partial charge in [-0.25, -0.2) is 9.18 Å². The number of urea groups is 1. The molecule has 0 radical (unpaired) electrons. The monoisotopic (exact) mass is 273 g/mol. The third-order valence-corrected chi connectivity index (χ3v) is 2.69. The molecule has 2 aromatic rings. The summed E-state index contributed by atoms with van der Waals surface area (Å²) in [5.74, 6) is -0.466. The summed E-state index contributed by atoms with van der Waals surface area (Å²) in [6, 6.07) is 13.0. The van der Waals surface area contributed by atoms with E-state index in [-0.39, 0.29) is 5.69 Å². The molecule has 2 rings (SSSR count). The lowest BCUT2D eigenvalue weighted by atomic mass is 10.2. The van der Waals surface area contributed by atoms with E-state index in [0.717, 1.165) is 5.56 Å². The van der Waals surface area contributed by atoms with Gasteiger partial charge in [0.25, 0.3) is 0 Å². The van der Waals surface area contributed by atoms with Crippen LogP contribution >= 0.6 is 0 Å². The molecular weight excluding hydrogens is 257 g/mol. The summed E-state index contributed by atoms with van der Waals surface area (Å²) in [6.45, 7) is 0.713. The van der Waals surface area contributed by atoms with Gasteiger partial charge >= 0.3 is 6.03 Å². The van der Waals surface area contributed by atoms with Crippen LogP contribution in [0.4, 0.5) is 20.6 Å². The molecule has 5 heteroatoms. The lowest BCUT2D eigenvalue weighted by Crippen LogP contribution is -2.20. The van der Waals surface area contributed by atoms with E-state index in [2.05, 4.69) is 16.0 Å². The first-order chi connectivity index (χ1) is 9.69. The van der Waals surface area contributed by atoms with Gasteiger partial charge in [0, 0.05) is 12.2 Å². The molecule has 0 aliphatic rings. The highest BCUT2D eigenvalue weighted by molar-refractivity contribution is 5.99. The smallest absolute Gasteiger partial charge is 0.316 e. The minimum absolute atomic E-state index is 0.149. The summed E-state index contributed by atoms with van der Waals surface area (Å²) in [5.41, 5.74) is 1.86. The maximum atomic E-state index is 13.4. The molecule has 0 aromatic heterocycles. The summed E-state index contributed by atoms with van der Waals surface area (Å²) >= 11 is 0. The highest BCUT2D eigenvalue weighted by Crippen LogP contribution is 2.14. The minimum atomic E-state index is -0.475. The Kier molecular flexibility index (Phi) is 4.68. The van der Waals surface area contributed by atoms with E-state index in [1.807, 2.05) is 25.2 Å². The maximum Gasteiger partial charge on any atom is 0.323 e. The third kappa shape index (κ3) is 3.80. The molecule has 2 amide bonds. The molecule has 0 bridgehead atoms. The molecule has 0 aliphatic heterocycles. The van der Waals surface area contributed by atoms with Crippen molar-refractivity contribution in [2.24, 2.45) is 0 Å². The van der Waals surface area contributed by atoms with Crippen LogP contribution in [0.2, 0.25) is 0 Å². The Bertz CT molecular complexity index is 601. The number of benzene rings is 2. The number of hydrogen-bond acceptors (Lipinski definition) is 2. The van der Waals surface area contributed by atoms with Gasteiger partial charge in [-0.2, -0.15) is 0 Å². The predicted octanol–water partition coefficient (Wildman–Crippen LogP) is 3.19. The number of amides is 2. The zero-order valence-corrected chi connectivity index (χ0v) is 11.1. The Hall–Kier alpha value is -2.40. The maximum absolute atomic E-state index is 13.4. The van der Waals surface area contributed by atoms with Crippen molar-refractivity contribution in [3.8, 4) is 0 Å². The van der Waals surface area contributed by atoms with Gasteiger partial charge in [-0.15, -0.1) is 0 Å². The molecule has 0 fully saturated rings. The lowest BCUT2D eigenvalue weighted by Gasteiger charge is -2.09. The molecular formula is C15H16FN3O. The van der Waals surface area contributed by atoms with E-state index in [1.165, 1.54) is 12.1 Å². The second-order valence-corrected chi connectivity index (χ2v) is 4.29. The van der Waals surface area contributed by atoms with Crippen LogP contribution < -0.4 is 16.0 Å². The fourth-order valence-electron chi connectivity index (χ4n) is 1.81. The second kappa shape index (κ2) is 6.68. The number of carbonyl (C=O) groups excluding carboxylic acids is 1. The summed E-state index contributed by atoms with van der Waals surface area (Å²) in [7, 11) is 1.85. The van der Waals surface area contributed by atoms with E-state index in [0.29, 0.717) is 12.2 Å². The van der Waals surface area contributed by atoms with Gasteiger partial charge in [-0.05, 0) is 36.9 Å². The molecule has 0 aliphatic carbocycles. The number of halogens is 1. The van der Waals surface area contributed by atoms with Gasteiger partial charge in [0.05, 0.1) is 5.69 Å². The molecule has 3 N–H and O–H groups in total. The van der Waals surface area contributed by atoms with E-state index in [9.17, 15) is 9.18 Å². The van der Waals surface area contributed by atoms with Crippen molar-refractivity contribution in [1.82, 2.24) is 5.32 Å². The fourth-order valence-corrected chi connectivity index (χ4v) is 1.81. The van der Waals surface area contributed by atoms with Crippen molar-refractivity contribution >= 4 is 17.4 Å². The number of para-hydroxylation sites is 1. The average molecular weight is 273 g/mol. The van der Waals surface area contributed by atoms with Crippen molar-refractivity contribution in [3.63, 3.8) is 0 Å². The van der Waals surface area contributed by atoms with Crippen LogP contribution in [0.25, 0.3) is 0 Å². The SMILES string of the molecule is CNCc1cccc(NC(=O)Nc2ccccc2F)c1. The molecule has 0 saturated heterocycles. The Labute approximate surface area is 117 Å². The Morgan fingerprint density at radius 2 is 1.90 bits per heavy atom. The summed E-state index contributed by atoms with van der Waals surface area (Å²) in [4.78, 5) is 11.8. The summed E-state index contributed by atoms with van der Waals surface area (Å²) < 4.78 is 13.4. The predicted molar refractivity (Wildman–Crippen MR) is 78.2 cm³/mol. The molecule has 4 nitrogen and oxygen atoms in total. The summed E-state index contributed by atoms with van der Waals surface area (Å²) in [5, 5.41) is 8.18. The molecule has 0 spiro atoms. The van der Waals surface area contributed by atoms with Crippen molar-refractivity contribution in [2.75, 3.05) is 17.7 Å². The van der Waals surface area contributed by atoms with Gasteiger partial charge in [0.1, 0.15) is 5.82 Å². The zero-order valence-electron chi connectivity index (χ0n) is 11.1. The highest BCUT2D eigenvalue weighted by Gasteiger charge is 2.06. The standard InChI is InChI=1S/C15H16FN3O/c1-17-10-11-5-4-6-12(9-11)18-15(20)19-14-8-3-2-7-13(14)16/h2-9,17H,10H2,1H3,(H2,18,19,20). The van der Waals surface area contributed by atoms with Crippen LogP contribution in [0.3, 0.4) is 0 Å². The molecule has 0 unspecified atom stereocenters. The van der Waals surface area contributed by atoms with Gasteiger partial charge < -0.3 is 16.0 Å². The van der Waals surface area contributed by atoms with Crippen LogP contribution in [0.5, 0.6) is 0 Å². The first-order valence-electron chi connectivity index (χ1n) is 6.25. The van der Waals surface area contributed by atoms with Gasteiger partial charge in [0.2, 0.25) is 0 Å². The lowest BCUT2D eigenvalue weighted by molar-refractivity contribution is 0.262. The fraction of sp³-hybridized carbons (Fsp3) is 0.133. The topological polar surface area (TPSA) is 53.2 Å². The molecule has 104 valence electrons. The Morgan fingerprint density at radius 1 is 1.10 bits per heavy atom. The minimum Gasteiger partial charge on any atom is -0.316 e. The molecule has 0 heterocycles. The zero-order chi connectivity index (χ0) is 14.4. The van der Waals surface area contributed by atoms with Crippen molar-refractivity contribution in [1.29, 1.82) is 0 Å². The Morgan fingerprint density at radius 3 is 2.65 bits per heavy atom. The molecule has 2 aromatic carbocycles. The normalized spacial score (nSPS) is 10.1. The van der Waals surface area contributed by atoms with E-state index in [4.69, 9.17) is 0 Å². The van der Waals surface area contributed by atoms with Crippen LogP contribution in [0.15, 0.2) is 48.5 Å². The Balaban J connectivity index is 2.01. The first kappa shape index (κ1) is 14.0. The third-order valence-electron chi connectivity index (χ3n) is 2.69. The van der Waals surface area contributed by atoms with Crippen molar-refractivity contribution in [3.05, 3.63) is 59.9 Å². The average Bonchev–Trinajstić information content (AvgIpc) is 2.42. The quantitative estimate of drug-likeness (QED) is 0.801. The van der Waals surface area contributed by atoms with Crippen LogP contribution in [-0.4, -0.2) is 13.1 Å². The first-order valence-corrected chi connectivity index (χ1v) is 6.25. The van der Waals surface area contributed by atoms with E-state index >= 15 is 0 Å². The number of hydrogen-bond donors (Lipinski definition) is 3. The number of carbonyl (C=O) groups is 1. The van der Waals surface area contributed by atoms with Crippen LogP contribution in [0, 0.1) is 5.82 Å². The van der Waals surface area contributed by atoms with Crippen LogP contribution in [0.1, 0.15) is 5.56 Å². The van der Waals surface area contributed by atoms with Gasteiger partial charge in [-0.3, -0.25) is 0 Å². The van der Waals surface area contributed by atoms with Crippen molar-refractivity contribution in [2.45, 2.75) is 6.54 Å². The number of rotatable bonds is 4. The second-order valence-electron chi connectivity index (χ2n) is 4.29. The van der Waals surface area contributed by atoms with E-state index in [1.54, 1.807) is 18.2 Å². The molecule has 0 saturated carbocycles. The van der Waals surface area contributed by atoms with E-state index < -0.39 is 11.8 Å². The van der Waals surface area contributed by atoms with Crippen molar-refractivity contribution < 1.29 is 9.18 Å². The summed E-state index contributed by atoms with van der Waals surface area (Å²) in [6.07, 6.45) is 0. The largest absolute Gasteiger partial charge is 0.323 e. The number of nitrogens with one attached hydrogen (secondary N) is 3. The highest BCUT2D eigenvalue weighted by atomic mass is 19.1. The number of anilines is 2. The molecule has 0 atom stereocenters.